The molecule has 0 saturated heterocycles. The van der Waals surface area contributed by atoms with Gasteiger partial charge in [-0.1, -0.05) is 20.8 Å². The molecule has 148 valence electrons. The molecule has 2 aromatic rings. The lowest BCUT2D eigenvalue weighted by atomic mass is 9.87. The third-order valence-electron chi connectivity index (χ3n) is 3.76. The molecule has 6 nitrogen and oxygen atoms in total. The van der Waals surface area contributed by atoms with Gasteiger partial charge in [0, 0.05) is 17.2 Å². The summed E-state index contributed by atoms with van der Waals surface area (Å²) in [5, 5.41) is 9.64. The van der Waals surface area contributed by atoms with Gasteiger partial charge in [0.25, 0.3) is 0 Å². The fourth-order valence-corrected chi connectivity index (χ4v) is 2.68. The fourth-order valence-electron chi connectivity index (χ4n) is 2.68. The summed E-state index contributed by atoms with van der Waals surface area (Å²) in [4.78, 5) is 20.7. The van der Waals surface area contributed by atoms with E-state index in [1.807, 2.05) is 26.8 Å². The van der Waals surface area contributed by atoms with Crippen molar-refractivity contribution < 1.29 is 18.7 Å². The minimum Gasteiger partial charge on any atom is -0.497 e. The van der Waals surface area contributed by atoms with Gasteiger partial charge >= 0.3 is 5.97 Å². The van der Waals surface area contributed by atoms with Crippen LogP contribution in [0.15, 0.2) is 18.2 Å². The molecule has 0 aliphatic carbocycles. The molecule has 0 aliphatic rings. The van der Waals surface area contributed by atoms with E-state index in [0.29, 0.717) is 17.9 Å². The first-order valence-corrected chi connectivity index (χ1v) is 8.91. The molecular formula is C21H24FN3O3. The largest absolute Gasteiger partial charge is 0.497 e. The third-order valence-corrected chi connectivity index (χ3v) is 3.76. The molecule has 0 radical (unpaired) electrons. The van der Waals surface area contributed by atoms with Crippen LogP contribution in [0.1, 0.15) is 56.6 Å². The Morgan fingerprint density at radius 2 is 1.96 bits per heavy atom. The van der Waals surface area contributed by atoms with Crippen LogP contribution in [0.2, 0.25) is 0 Å². The van der Waals surface area contributed by atoms with E-state index >= 15 is 0 Å². The van der Waals surface area contributed by atoms with E-state index in [1.165, 1.54) is 19.2 Å². The van der Waals surface area contributed by atoms with Crippen molar-refractivity contribution in [2.24, 2.45) is 5.41 Å². The second-order valence-electron chi connectivity index (χ2n) is 7.87. The Bertz CT molecular complexity index is 928. The first-order valence-electron chi connectivity index (χ1n) is 8.91. The second-order valence-corrected chi connectivity index (χ2v) is 7.87. The number of hydrogen-bond acceptors (Lipinski definition) is 6. The summed E-state index contributed by atoms with van der Waals surface area (Å²) < 4.78 is 24.9. The monoisotopic (exact) mass is 385 g/mol. The Balaban J connectivity index is 2.73. The van der Waals surface area contributed by atoms with Gasteiger partial charge < -0.3 is 9.47 Å². The number of hydrogen-bond donors (Lipinski definition) is 0. The number of methoxy groups -OCH3 is 1. The quantitative estimate of drug-likeness (QED) is 0.713. The average Bonchev–Trinajstić information content (AvgIpc) is 2.59. The Labute approximate surface area is 164 Å². The van der Waals surface area contributed by atoms with Crippen molar-refractivity contribution in [2.75, 3.05) is 7.11 Å². The van der Waals surface area contributed by atoms with Crippen molar-refractivity contribution in [1.29, 1.82) is 5.26 Å². The van der Waals surface area contributed by atoms with Crippen molar-refractivity contribution in [3.8, 4) is 22.9 Å². The zero-order chi connectivity index (χ0) is 21.1. The van der Waals surface area contributed by atoms with E-state index in [-0.39, 0.29) is 34.2 Å². The van der Waals surface area contributed by atoms with Crippen LogP contribution in [-0.4, -0.2) is 29.2 Å². The molecule has 0 aliphatic heterocycles. The number of carbonyl (C=O) groups excluding carboxylic acids is 1. The van der Waals surface area contributed by atoms with Gasteiger partial charge in [0.15, 0.2) is 5.69 Å². The molecule has 7 heteroatoms. The van der Waals surface area contributed by atoms with Crippen LogP contribution in [0.4, 0.5) is 4.39 Å². The van der Waals surface area contributed by atoms with Crippen LogP contribution in [0, 0.1) is 22.6 Å². The van der Waals surface area contributed by atoms with Crippen molar-refractivity contribution in [3.63, 3.8) is 0 Å². The smallest absolute Gasteiger partial charge is 0.376 e. The summed E-state index contributed by atoms with van der Waals surface area (Å²) in [5.41, 5.74) is 0.574. The van der Waals surface area contributed by atoms with E-state index in [0.717, 1.165) is 0 Å². The minimum absolute atomic E-state index is 0.0750. The maximum Gasteiger partial charge on any atom is 0.376 e. The van der Waals surface area contributed by atoms with E-state index in [9.17, 15) is 14.4 Å². The minimum atomic E-state index is -0.719. The van der Waals surface area contributed by atoms with Gasteiger partial charge in [-0.3, -0.25) is 0 Å². The SMILES string of the molecule is COc1ccc(-c2c(C#N)nc(C(=O)OC(C)C)nc2CC(C)(C)C)c(F)c1. The summed E-state index contributed by atoms with van der Waals surface area (Å²) in [6.45, 7) is 9.38. The predicted molar refractivity (Wildman–Crippen MR) is 102 cm³/mol. The Kier molecular flexibility index (Phi) is 6.34. The predicted octanol–water partition coefficient (Wildman–Crippen LogP) is 4.32. The molecule has 0 N–H and O–H groups in total. The number of benzene rings is 1. The number of rotatable bonds is 5. The highest BCUT2D eigenvalue weighted by atomic mass is 19.1. The first kappa shape index (κ1) is 21.3. The lowest BCUT2D eigenvalue weighted by Crippen LogP contribution is -2.19. The highest BCUT2D eigenvalue weighted by Crippen LogP contribution is 2.33. The molecule has 2 rings (SSSR count). The van der Waals surface area contributed by atoms with Crippen LogP contribution in [0.5, 0.6) is 5.75 Å². The van der Waals surface area contributed by atoms with Crippen LogP contribution in [0.25, 0.3) is 11.1 Å². The molecule has 0 atom stereocenters. The molecule has 0 unspecified atom stereocenters. The second kappa shape index (κ2) is 8.34. The molecule has 0 fully saturated rings. The Morgan fingerprint density at radius 1 is 1.29 bits per heavy atom. The van der Waals surface area contributed by atoms with E-state index < -0.39 is 11.8 Å². The summed E-state index contributed by atoms with van der Waals surface area (Å²) in [6, 6.07) is 6.32. The van der Waals surface area contributed by atoms with Crippen LogP contribution >= 0.6 is 0 Å². The lowest BCUT2D eigenvalue weighted by molar-refractivity contribution is 0.0362. The maximum absolute atomic E-state index is 14.7. The zero-order valence-corrected chi connectivity index (χ0v) is 17.0. The topological polar surface area (TPSA) is 85.1 Å². The number of nitriles is 1. The Hall–Kier alpha value is -3.01. The molecule has 1 aromatic carbocycles. The highest BCUT2D eigenvalue weighted by molar-refractivity contribution is 5.86. The number of esters is 1. The van der Waals surface area contributed by atoms with E-state index in [4.69, 9.17) is 9.47 Å². The Morgan fingerprint density at radius 3 is 2.46 bits per heavy atom. The lowest BCUT2D eigenvalue weighted by Gasteiger charge is -2.21. The molecule has 0 spiro atoms. The van der Waals surface area contributed by atoms with Crippen LogP contribution in [0.3, 0.4) is 0 Å². The third kappa shape index (κ3) is 5.03. The number of halogens is 1. The van der Waals surface area contributed by atoms with Gasteiger partial charge in [-0.05, 0) is 37.8 Å². The summed E-state index contributed by atoms with van der Waals surface area (Å²) in [7, 11) is 1.44. The summed E-state index contributed by atoms with van der Waals surface area (Å²) in [5.74, 6) is -1.13. The maximum atomic E-state index is 14.7. The molecule has 1 heterocycles. The molecule has 28 heavy (non-hydrogen) atoms. The normalized spacial score (nSPS) is 11.2. The van der Waals surface area contributed by atoms with Crippen molar-refractivity contribution in [3.05, 3.63) is 41.2 Å². The zero-order valence-electron chi connectivity index (χ0n) is 17.0. The summed E-state index contributed by atoms with van der Waals surface area (Å²) in [6.07, 6.45) is 0.0545. The molecule has 1 aromatic heterocycles. The summed E-state index contributed by atoms with van der Waals surface area (Å²) >= 11 is 0. The molecular weight excluding hydrogens is 361 g/mol. The highest BCUT2D eigenvalue weighted by Gasteiger charge is 2.26. The van der Waals surface area contributed by atoms with Crippen LogP contribution in [-0.2, 0) is 11.2 Å². The van der Waals surface area contributed by atoms with Crippen LogP contribution < -0.4 is 4.74 Å². The number of nitrogens with zero attached hydrogens (tertiary/aromatic N) is 3. The van der Waals surface area contributed by atoms with Gasteiger partial charge in [-0.15, -0.1) is 0 Å². The molecule has 0 bridgehead atoms. The van der Waals surface area contributed by atoms with Gasteiger partial charge in [0.1, 0.15) is 17.6 Å². The average molecular weight is 385 g/mol. The van der Waals surface area contributed by atoms with Gasteiger partial charge in [0.2, 0.25) is 5.82 Å². The van der Waals surface area contributed by atoms with Crippen molar-refractivity contribution in [1.82, 2.24) is 9.97 Å². The number of aromatic nitrogens is 2. The van der Waals surface area contributed by atoms with E-state index in [2.05, 4.69) is 9.97 Å². The number of ether oxygens (including phenoxy) is 2. The standard InChI is InChI=1S/C21H24FN3O3/c1-12(2)28-20(26)19-24-16(10-21(3,4)5)18(17(11-23)25-19)14-8-7-13(27-6)9-15(14)22/h7-9,12H,10H2,1-6H3. The van der Waals surface area contributed by atoms with E-state index in [1.54, 1.807) is 19.9 Å². The number of carbonyl (C=O) groups is 1. The van der Waals surface area contributed by atoms with Gasteiger partial charge in [0.05, 0.1) is 18.9 Å². The molecule has 0 amide bonds. The van der Waals surface area contributed by atoms with Gasteiger partial charge in [-0.25, -0.2) is 19.2 Å². The van der Waals surface area contributed by atoms with Crippen molar-refractivity contribution >= 4 is 5.97 Å². The first-order chi connectivity index (χ1) is 13.1. The van der Waals surface area contributed by atoms with Gasteiger partial charge in [-0.2, -0.15) is 5.26 Å². The molecule has 0 saturated carbocycles. The van der Waals surface area contributed by atoms with Crippen molar-refractivity contribution in [2.45, 2.75) is 47.1 Å². The fraction of sp³-hybridized carbons (Fsp3) is 0.429.